The van der Waals surface area contributed by atoms with Gasteiger partial charge >= 0.3 is 0 Å². The van der Waals surface area contributed by atoms with Crippen molar-refractivity contribution in [2.75, 3.05) is 11.9 Å². The summed E-state index contributed by atoms with van der Waals surface area (Å²) < 4.78 is 12.9. The van der Waals surface area contributed by atoms with Crippen molar-refractivity contribution in [2.45, 2.75) is 19.4 Å². The van der Waals surface area contributed by atoms with Crippen molar-refractivity contribution in [1.82, 2.24) is 0 Å². The van der Waals surface area contributed by atoms with E-state index in [1.54, 1.807) is 12.1 Å². The minimum Gasteiger partial charge on any atom is -0.345 e. The molecule has 0 spiro atoms. The Hall–Kier alpha value is -1.87. The Morgan fingerprint density at radius 1 is 1.00 bits per heavy atom. The zero-order chi connectivity index (χ0) is 13.8. The summed E-state index contributed by atoms with van der Waals surface area (Å²) in [7, 11) is 1.97. The summed E-state index contributed by atoms with van der Waals surface area (Å²) in [5.41, 5.74) is 9.04. The third-order valence-corrected chi connectivity index (χ3v) is 3.10. The Bertz CT molecular complexity index is 517. The fourth-order valence-electron chi connectivity index (χ4n) is 2.04. The molecule has 0 heterocycles. The molecule has 100 valence electrons. The summed E-state index contributed by atoms with van der Waals surface area (Å²) in [4.78, 5) is 2.02. The monoisotopic (exact) mass is 258 g/mol. The first-order valence-electron chi connectivity index (χ1n) is 6.40. The third kappa shape index (κ3) is 3.55. The molecule has 0 aliphatic heterocycles. The zero-order valence-electron chi connectivity index (χ0n) is 11.3. The van der Waals surface area contributed by atoms with Crippen molar-refractivity contribution < 1.29 is 4.39 Å². The number of nitrogens with two attached hydrogens (primary N) is 1. The van der Waals surface area contributed by atoms with Gasteiger partial charge in [-0.05, 0) is 55.3 Å². The molecule has 2 nitrogen and oxygen atoms in total. The lowest BCUT2D eigenvalue weighted by Crippen LogP contribution is -2.17. The average Bonchev–Trinajstić information content (AvgIpc) is 2.39. The zero-order valence-corrected chi connectivity index (χ0v) is 11.3. The predicted molar refractivity (Wildman–Crippen MR) is 78.3 cm³/mol. The number of benzene rings is 2. The SMILES string of the molecule is CC(N)Cc1ccc(N(C)c2ccc(F)cc2)cc1. The van der Waals surface area contributed by atoms with Gasteiger partial charge in [-0.15, -0.1) is 0 Å². The molecule has 0 bridgehead atoms. The molecule has 1 unspecified atom stereocenters. The van der Waals surface area contributed by atoms with Crippen molar-refractivity contribution in [3.8, 4) is 0 Å². The van der Waals surface area contributed by atoms with Gasteiger partial charge in [0.25, 0.3) is 0 Å². The maximum Gasteiger partial charge on any atom is 0.123 e. The van der Waals surface area contributed by atoms with Crippen LogP contribution in [0, 0.1) is 5.82 Å². The van der Waals surface area contributed by atoms with E-state index >= 15 is 0 Å². The second kappa shape index (κ2) is 5.85. The Labute approximate surface area is 113 Å². The summed E-state index contributed by atoms with van der Waals surface area (Å²) in [6.07, 6.45) is 0.876. The fourth-order valence-corrected chi connectivity index (χ4v) is 2.04. The van der Waals surface area contributed by atoms with E-state index in [-0.39, 0.29) is 11.9 Å². The number of halogens is 1. The maximum absolute atomic E-state index is 12.9. The largest absolute Gasteiger partial charge is 0.345 e. The standard InChI is InChI=1S/C16H19FN2/c1-12(18)11-13-3-7-15(8-4-13)19(2)16-9-5-14(17)6-10-16/h3-10,12H,11,18H2,1-2H3. The molecule has 0 aromatic heterocycles. The highest BCUT2D eigenvalue weighted by Gasteiger charge is 2.04. The van der Waals surface area contributed by atoms with Gasteiger partial charge in [0.05, 0.1) is 0 Å². The Balaban J connectivity index is 2.15. The summed E-state index contributed by atoms with van der Waals surface area (Å²) in [6, 6.07) is 14.9. The van der Waals surface area contributed by atoms with Crippen LogP contribution in [0.2, 0.25) is 0 Å². The maximum atomic E-state index is 12.9. The van der Waals surface area contributed by atoms with Crippen LogP contribution in [0.1, 0.15) is 12.5 Å². The normalized spacial score (nSPS) is 12.2. The summed E-state index contributed by atoms with van der Waals surface area (Å²) in [6.45, 7) is 2.00. The minimum atomic E-state index is -0.218. The number of hydrogen-bond donors (Lipinski definition) is 1. The Morgan fingerprint density at radius 2 is 1.47 bits per heavy atom. The van der Waals surface area contributed by atoms with Gasteiger partial charge in [0, 0.05) is 24.5 Å². The van der Waals surface area contributed by atoms with Crippen LogP contribution in [-0.4, -0.2) is 13.1 Å². The van der Waals surface area contributed by atoms with Gasteiger partial charge in [-0.3, -0.25) is 0 Å². The van der Waals surface area contributed by atoms with E-state index in [0.717, 1.165) is 17.8 Å². The fraction of sp³-hybridized carbons (Fsp3) is 0.250. The molecule has 19 heavy (non-hydrogen) atoms. The van der Waals surface area contributed by atoms with Crippen LogP contribution in [0.15, 0.2) is 48.5 Å². The van der Waals surface area contributed by atoms with Crippen LogP contribution in [0.3, 0.4) is 0 Å². The third-order valence-electron chi connectivity index (χ3n) is 3.10. The van der Waals surface area contributed by atoms with E-state index in [1.807, 2.05) is 18.9 Å². The first-order valence-corrected chi connectivity index (χ1v) is 6.40. The molecule has 2 aromatic rings. The van der Waals surface area contributed by atoms with E-state index in [0.29, 0.717) is 0 Å². The lowest BCUT2D eigenvalue weighted by Gasteiger charge is -2.20. The smallest absolute Gasteiger partial charge is 0.123 e. The lowest BCUT2D eigenvalue weighted by atomic mass is 10.1. The summed E-state index contributed by atoms with van der Waals surface area (Å²) >= 11 is 0. The second-order valence-electron chi connectivity index (χ2n) is 4.88. The second-order valence-corrected chi connectivity index (χ2v) is 4.88. The number of hydrogen-bond acceptors (Lipinski definition) is 2. The molecular formula is C16H19FN2. The number of nitrogens with zero attached hydrogens (tertiary/aromatic N) is 1. The molecule has 1 atom stereocenters. The Kier molecular flexibility index (Phi) is 4.17. The van der Waals surface area contributed by atoms with E-state index in [4.69, 9.17) is 5.73 Å². The number of anilines is 2. The van der Waals surface area contributed by atoms with Crippen LogP contribution in [0.25, 0.3) is 0 Å². The molecule has 0 fully saturated rings. The quantitative estimate of drug-likeness (QED) is 0.909. The highest BCUT2D eigenvalue weighted by molar-refractivity contribution is 5.62. The van der Waals surface area contributed by atoms with Gasteiger partial charge in [-0.25, -0.2) is 4.39 Å². The molecule has 0 saturated carbocycles. The first-order chi connectivity index (χ1) is 9.06. The van der Waals surface area contributed by atoms with Gasteiger partial charge in [-0.1, -0.05) is 12.1 Å². The van der Waals surface area contributed by atoms with Gasteiger partial charge < -0.3 is 10.6 Å². The van der Waals surface area contributed by atoms with Crippen LogP contribution >= 0.6 is 0 Å². The van der Waals surface area contributed by atoms with E-state index in [1.165, 1.54) is 17.7 Å². The van der Waals surface area contributed by atoms with E-state index < -0.39 is 0 Å². The van der Waals surface area contributed by atoms with Crippen molar-refractivity contribution >= 4 is 11.4 Å². The molecule has 2 N–H and O–H groups in total. The molecule has 2 rings (SSSR count). The molecule has 0 amide bonds. The molecule has 3 heteroatoms. The summed E-state index contributed by atoms with van der Waals surface area (Å²) in [5.74, 6) is -0.218. The van der Waals surface area contributed by atoms with Crippen molar-refractivity contribution in [1.29, 1.82) is 0 Å². The van der Waals surface area contributed by atoms with Crippen LogP contribution in [-0.2, 0) is 6.42 Å². The van der Waals surface area contributed by atoms with Crippen LogP contribution < -0.4 is 10.6 Å². The highest BCUT2D eigenvalue weighted by atomic mass is 19.1. The molecule has 0 radical (unpaired) electrons. The first kappa shape index (κ1) is 13.6. The van der Waals surface area contributed by atoms with Crippen LogP contribution in [0.5, 0.6) is 0 Å². The molecular weight excluding hydrogens is 239 g/mol. The van der Waals surface area contributed by atoms with Crippen molar-refractivity contribution in [3.63, 3.8) is 0 Å². The Morgan fingerprint density at radius 3 is 1.95 bits per heavy atom. The molecule has 0 aliphatic carbocycles. The van der Waals surface area contributed by atoms with Crippen LogP contribution in [0.4, 0.5) is 15.8 Å². The van der Waals surface area contributed by atoms with Crippen molar-refractivity contribution in [3.05, 3.63) is 59.9 Å². The molecule has 2 aromatic carbocycles. The predicted octanol–water partition coefficient (Wildman–Crippen LogP) is 3.48. The van der Waals surface area contributed by atoms with E-state index in [2.05, 4.69) is 24.3 Å². The topological polar surface area (TPSA) is 29.3 Å². The highest BCUT2D eigenvalue weighted by Crippen LogP contribution is 2.24. The van der Waals surface area contributed by atoms with Gasteiger partial charge in [-0.2, -0.15) is 0 Å². The molecule has 0 saturated heterocycles. The minimum absolute atomic E-state index is 0.167. The van der Waals surface area contributed by atoms with Crippen molar-refractivity contribution in [2.24, 2.45) is 5.73 Å². The van der Waals surface area contributed by atoms with E-state index in [9.17, 15) is 4.39 Å². The average molecular weight is 258 g/mol. The van der Waals surface area contributed by atoms with Gasteiger partial charge in [0.1, 0.15) is 5.82 Å². The van der Waals surface area contributed by atoms with Gasteiger partial charge in [0.15, 0.2) is 0 Å². The number of rotatable bonds is 4. The summed E-state index contributed by atoms with van der Waals surface area (Å²) in [5, 5.41) is 0. The van der Waals surface area contributed by atoms with Gasteiger partial charge in [0.2, 0.25) is 0 Å². The lowest BCUT2D eigenvalue weighted by molar-refractivity contribution is 0.628. The molecule has 0 aliphatic rings.